The molecule has 51 heavy (non-hydrogen) atoms. The molecular weight excluding hydrogens is 637 g/mol. The highest BCUT2D eigenvalue weighted by molar-refractivity contribution is 8.34. The molecule has 2 aromatic heterocycles. The maximum absolute atomic E-state index is 2.45. The van der Waals surface area contributed by atoms with Crippen molar-refractivity contribution >= 4 is 53.6 Å². The molecule has 3 heteroatoms. The fourth-order valence-corrected chi connectivity index (χ4v) is 12.0. The first-order valence-electron chi connectivity index (χ1n) is 17.4. The maximum Gasteiger partial charge on any atom is 0.0542 e. The van der Waals surface area contributed by atoms with Gasteiger partial charge in [0.05, 0.1) is 22.1 Å². The molecule has 0 fully saturated rings. The van der Waals surface area contributed by atoms with Gasteiger partial charge in [-0.2, -0.15) is 0 Å². The van der Waals surface area contributed by atoms with Crippen molar-refractivity contribution in [1.29, 1.82) is 0 Å². The van der Waals surface area contributed by atoms with Gasteiger partial charge in [0, 0.05) is 52.5 Å². The van der Waals surface area contributed by atoms with Crippen LogP contribution in [-0.4, -0.2) is 9.13 Å². The Labute approximate surface area is 298 Å². The minimum atomic E-state index is -1.83. The van der Waals surface area contributed by atoms with E-state index in [0.29, 0.717) is 0 Å². The maximum atomic E-state index is 2.45. The zero-order valence-electron chi connectivity index (χ0n) is 27.9. The fourth-order valence-electron chi connectivity index (χ4n) is 8.08. The number of hydrogen-bond donors (Lipinski definition) is 0. The summed E-state index contributed by atoms with van der Waals surface area (Å²) in [7, 11) is -1.83. The highest BCUT2D eigenvalue weighted by Gasteiger charge is 2.33. The number of benzene rings is 8. The molecule has 10 aromatic rings. The molecule has 8 aromatic carbocycles. The number of aromatic nitrogens is 2. The number of nitrogens with zero attached hydrogens (tertiary/aromatic N) is 2. The van der Waals surface area contributed by atoms with Crippen LogP contribution in [0.25, 0.3) is 55.0 Å². The molecule has 0 atom stereocenters. The van der Waals surface area contributed by atoms with E-state index in [1.54, 1.807) is 0 Å². The van der Waals surface area contributed by atoms with Gasteiger partial charge in [0.1, 0.15) is 0 Å². The van der Waals surface area contributed by atoms with E-state index in [4.69, 9.17) is 0 Å². The third-order valence-corrected chi connectivity index (χ3v) is 14.1. The van der Waals surface area contributed by atoms with Gasteiger partial charge in [0.2, 0.25) is 0 Å². The van der Waals surface area contributed by atoms with Gasteiger partial charge in [-0.05, 0) is 91.0 Å². The summed E-state index contributed by atoms with van der Waals surface area (Å²) in [5, 5.41) is 5.03. The van der Waals surface area contributed by atoms with Crippen LogP contribution in [-0.2, 0) is 0 Å². The Balaban J connectivity index is 1.23. The predicted octanol–water partition coefficient (Wildman–Crippen LogP) is 13.2. The third kappa shape index (κ3) is 4.52. The minimum Gasteiger partial charge on any atom is -0.309 e. The first-order chi connectivity index (χ1) is 25.3. The average molecular weight is 671 g/mol. The van der Waals surface area contributed by atoms with Crippen LogP contribution < -0.4 is 0 Å². The zero-order chi connectivity index (χ0) is 33.8. The van der Waals surface area contributed by atoms with Crippen molar-refractivity contribution < 1.29 is 0 Å². The number of rotatable bonds is 6. The molecule has 0 aliphatic carbocycles. The van der Waals surface area contributed by atoms with Crippen molar-refractivity contribution in [1.82, 2.24) is 9.13 Å². The first kappa shape index (κ1) is 29.6. The lowest BCUT2D eigenvalue weighted by Gasteiger charge is -2.42. The van der Waals surface area contributed by atoms with Gasteiger partial charge in [-0.3, -0.25) is 0 Å². The molecule has 0 N–H and O–H groups in total. The molecule has 0 saturated heterocycles. The Morgan fingerprint density at radius 1 is 0.255 bits per heavy atom. The molecule has 0 saturated carbocycles. The molecule has 0 unspecified atom stereocenters. The smallest absolute Gasteiger partial charge is 0.0542 e. The second-order valence-electron chi connectivity index (χ2n) is 13.0. The Kier molecular flexibility index (Phi) is 6.93. The van der Waals surface area contributed by atoms with Crippen molar-refractivity contribution in [3.63, 3.8) is 0 Å². The monoisotopic (exact) mass is 670 g/mol. The van der Waals surface area contributed by atoms with Gasteiger partial charge in [-0.15, -0.1) is 10.0 Å². The van der Waals surface area contributed by atoms with E-state index in [-0.39, 0.29) is 0 Å². The summed E-state index contributed by atoms with van der Waals surface area (Å²) in [6, 6.07) is 75.8. The van der Waals surface area contributed by atoms with Gasteiger partial charge >= 0.3 is 0 Å². The van der Waals surface area contributed by atoms with Crippen LogP contribution in [0.3, 0.4) is 0 Å². The van der Waals surface area contributed by atoms with E-state index in [1.165, 1.54) is 63.2 Å². The number of hydrogen-bond acceptors (Lipinski definition) is 0. The topological polar surface area (TPSA) is 9.86 Å². The van der Waals surface area contributed by atoms with Crippen LogP contribution in [0, 0.1) is 0 Å². The highest BCUT2D eigenvalue weighted by Crippen LogP contribution is 2.73. The summed E-state index contributed by atoms with van der Waals surface area (Å²) in [5.41, 5.74) is 7.15. The SMILES string of the molecule is c1ccc(S(c2ccccc2)(c2ccccc2)c2cccc(-n3c4ccccc4c4cc(-n5c6ccccc6c6ccccc65)ccc43)c2)cc1. The van der Waals surface area contributed by atoms with Crippen molar-refractivity contribution in [2.24, 2.45) is 0 Å². The second kappa shape index (κ2) is 11.9. The Hall–Kier alpha value is -6.29. The molecule has 2 heterocycles. The summed E-state index contributed by atoms with van der Waals surface area (Å²) < 4.78 is 4.86. The van der Waals surface area contributed by atoms with Gasteiger partial charge < -0.3 is 9.13 Å². The quantitative estimate of drug-likeness (QED) is 0.167. The van der Waals surface area contributed by atoms with E-state index in [1.807, 2.05) is 0 Å². The van der Waals surface area contributed by atoms with E-state index in [9.17, 15) is 0 Å². The number of fused-ring (bicyclic) bond motifs is 6. The normalized spacial score (nSPS) is 12.2. The lowest BCUT2D eigenvalue weighted by atomic mass is 10.1. The second-order valence-corrected chi connectivity index (χ2v) is 16.1. The molecule has 0 aliphatic heterocycles. The van der Waals surface area contributed by atoms with Crippen molar-refractivity contribution in [3.05, 3.63) is 206 Å². The Morgan fingerprint density at radius 2 is 0.627 bits per heavy atom. The fraction of sp³-hybridized carbons (Fsp3) is 0. The molecule has 0 radical (unpaired) electrons. The predicted molar refractivity (Wildman–Crippen MR) is 215 cm³/mol. The molecular formula is C48H34N2S. The summed E-state index contributed by atoms with van der Waals surface area (Å²) in [6.07, 6.45) is 0. The number of para-hydroxylation sites is 3. The van der Waals surface area contributed by atoms with Gasteiger partial charge in [-0.25, -0.2) is 0 Å². The third-order valence-electron chi connectivity index (χ3n) is 10.2. The largest absolute Gasteiger partial charge is 0.309 e. The molecule has 0 amide bonds. The van der Waals surface area contributed by atoms with E-state index in [2.05, 4.69) is 215 Å². The highest BCUT2D eigenvalue weighted by atomic mass is 32.3. The summed E-state index contributed by atoms with van der Waals surface area (Å²) in [4.78, 5) is 5.25. The van der Waals surface area contributed by atoms with Crippen LogP contribution in [0.15, 0.2) is 226 Å². The minimum absolute atomic E-state index is 1.16. The molecule has 0 spiro atoms. The van der Waals surface area contributed by atoms with E-state index >= 15 is 0 Å². The summed E-state index contributed by atoms with van der Waals surface area (Å²) in [6.45, 7) is 0. The van der Waals surface area contributed by atoms with Crippen LogP contribution in [0.4, 0.5) is 0 Å². The van der Waals surface area contributed by atoms with E-state index < -0.39 is 10.0 Å². The first-order valence-corrected chi connectivity index (χ1v) is 19.1. The van der Waals surface area contributed by atoms with Crippen LogP contribution in [0.1, 0.15) is 0 Å². The lowest BCUT2D eigenvalue weighted by Crippen LogP contribution is -2.06. The molecule has 2 nitrogen and oxygen atoms in total. The average Bonchev–Trinajstić information content (AvgIpc) is 3.72. The van der Waals surface area contributed by atoms with Crippen molar-refractivity contribution in [2.75, 3.05) is 0 Å². The molecule has 10 rings (SSSR count). The van der Waals surface area contributed by atoms with Crippen LogP contribution in [0.2, 0.25) is 0 Å². The Bertz CT molecular complexity index is 2700. The van der Waals surface area contributed by atoms with Crippen molar-refractivity contribution in [2.45, 2.75) is 19.6 Å². The summed E-state index contributed by atoms with van der Waals surface area (Å²) in [5.74, 6) is 0. The lowest BCUT2D eigenvalue weighted by molar-refractivity contribution is 1.14. The van der Waals surface area contributed by atoms with Crippen LogP contribution >= 0.6 is 10.0 Å². The molecule has 0 aliphatic rings. The van der Waals surface area contributed by atoms with Gasteiger partial charge in [-0.1, -0.05) is 115 Å². The Morgan fingerprint density at radius 3 is 1.12 bits per heavy atom. The van der Waals surface area contributed by atoms with Gasteiger partial charge in [0.15, 0.2) is 0 Å². The zero-order valence-corrected chi connectivity index (χ0v) is 28.7. The van der Waals surface area contributed by atoms with Crippen LogP contribution in [0.5, 0.6) is 0 Å². The molecule has 242 valence electrons. The summed E-state index contributed by atoms with van der Waals surface area (Å²) >= 11 is 0. The standard InChI is InChI=1S/C48H34N2S/c1-4-18-37(19-5-1)51(38-20-6-2-7-21-38,39-22-8-3-9-23-39)40-24-16-17-35(33-40)49-47-30-15-12-27-43(47)44-34-36(31-32-48(44)49)50-45-28-13-10-25-41(45)42-26-11-14-29-46(42)50/h1-34H. The van der Waals surface area contributed by atoms with Crippen molar-refractivity contribution in [3.8, 4) is 11.4 Å². The van der Waals surface area contributed by atoms with E-state index in [0.717, 1.165) is 11.4 Å². The molecule has 0 bridgehead atoms. The van der Waals surface area contributed by atoms with Gasteiger partial charge in [0.25, 0.3) is 0 Å².